The number of para-hydroxylation sites is 2. The number of ether oxygens (including phenoxy) is 2. The van der Waals surface area contributed by atoms with Crippen LogP contribution >= 0.6 is 0 Å². The zero-order chi connectivity index (χ0) is 14.7. The van der Waals surface area contributed by atoms with Crippen LogP contribution in [0.2, 0.25) is 0 Å². The van der Waals surface area contributed by atoms with E-state index in [4.69, 9.17) is 15.2 Å². The van der Waals surface area contributed by atoms with Gasteiger partial charge in [-0.1, -0.05) is 12.1 Å². The lowest BCUT2D eigenvalue weighted by Crippen LogP contribution is -2.05. The van der Waals surface area contributed by atoms with Crippen LogP contribution in [-0.4, -0.2) is 22.0 Å². The van der Waals surface area contributed by atoms with E-state index in [0.717, 1.165) is 0 Å². The zero-order valence-electron chi connectivity index (χ0n) is 10.9. The van der Waals surface area contributed by atoms with Crippen molar-refractivity contribution in [1.29, 1.82) is 0 Å². The lowest BCUT2D eigenvalue weighted by molar-refractivity contribution is -0.386. The number of nitro groups is 1. The summed E-state index contributed by atoms with van der Waals surface area (Å²) in [5, 5.41) is 11.1. The smallest absolute Gasteiger partial charge is 0.352 e. The Balaban J connectivity index is 2.50. The molecule has 2 aromatic rings. The monoisotopic (exact) mass is 276 g/mol. The molecular formula is C12H12N4O4. The number of hydrogen-bond donors (Lipinski definition) is 1. The number of anilines is 1. The molecule has 8 nitrogen and oxygen atoms in total. The van der Waals surface area contributed by atoms with Gasteiger partial charge in [0.2, 0.25) is 5.95 Å². The Morgan fingerprint density at radius 2 is 1.90 bits per heavy atom. The highest BCUT2D eigenvalue weighted by Crippen LogP contribution is 2.35. The first-order valence-electron chi connectivity index (χ1n) is 5.62. The molecule has 0 aliphatic carbocycles. The molecule has 0 amide bonds. The quantitative estimate of drug-likeness (QED) is 0.671. The molecule has 104 valence electrons. The molecule has 20 heavy (non-hydrogen) atoms. The second-order valence-electron chi connectivity index (χ2n) is 3.83. The largest absolute Gasteiger partial charge is 0.493 e. The van der Waals surface area contributed by atoms with Crippen LogP contribution in [0.25, 0.3) is 0 Å². The Morgan fingerprint density at radius 1 is 1.25 bits per heavy atom. The molecule has 2 rings (SSSR count). The van der Waals surface area contributed by atoms with Crippen molar-refractivity contribution < 1.29 is 14.4 Å². The second-order valence-corrected chi connectivity index (χ2v) is 3.83. The van der Waals surface area contributed by atoms with Crippen molar-refractivity contribution >= 4 is 11.6 Å². The van der Waals surface area contributed by atoms with Gasteiger partial charge in [0.25, 0.3) is 0 Å². The van der Waals surface area contributed by atoms with Crippen LogP contribution in [-0.2, 0) is 0 Å². The predicted molar refractivity (Wildman–Crippen MR) is 70.9 cm³/mol. The van der Waals surface area contributed by atoms with Crippen LogP contribution in [0.1, 0.15) is 5.69 Å². The van der Waals surface area contributed by atoms with Gasteiger partial charge in [-0.15, -0.1) is 0 Å². The van der Waals surface area contributed by atoms with Gasteiger partial charge in [-0.25, -0.2) is 4.98 Å². The Labute approximate surface area is 114 Å². The van der Waals surface area contributed by atoms with E-state index in [9.17, 15) is 10.1 Å². The number of benzene rings is 1. The van der Waals surface area contributed by atoms with Gasteiger partial charge in [0.15, 0.2) is 11.5 Å². The predicted octanol–water partition coefficient (Wildman–Crippen LogP) is 2.08. The van der Waals surface area contributed by atoms with Crippen LogP contribution in [0.15, 0.2) is 24.3 Å². The Kier molecular flexibility index (Phi) is 3.65. The average Bonchev–Trinajstić information content (AvgIpc) is 2.38. The Hall–Kier alpha value is -2.90. The lowest BCUT2D eigenvalue weighted by atomic mass is 10.3. The zero-order valence-corrected chi connectivity index (χ0v) is 10.9. The molecule has 0 saturated heterocycles. The maximum Gasteiger partial charge on any atom is 0.352 e. The van der Waals surface area contributed by atoms with Gasteiger partial charge in [0, 0.05) is 0 Å². The third-order valence-electron chi connectivity index (χ3n) is 2.50. The molecule has 8 heteroatoms. The molecule has 0 radical (unpaired) electrons. The molecule has 1 aromatic carbocycles. The Morgan fingerprint density at radius 3 is 2.50 bits per heavy atom. The van der Waals surface area contributed by atoms with Gasteiger partial charge < -0.3 is 15.2 Å². The van der Waals surface area contributed by atoms with E-state index in [1.165, 1.54) is 14.0 Å². The van der Waals surface area contributed by atoms with Gasteiger partial charge >= 0.3 is 11.6 Å². The van der Waals surface area contributed by atoms with E-state index >= 15 is 0 Å². The standard InChI is InChI=1S/C12H12N4O4/c1-7-10(16(17)18)11(15-12(13)14-7)20-9-6-4-3-5-8(9)19-2/h3-6H,1-2H3,(H2,13,14,15). The van der Waals surface area contributed by atoms with Crippen molar-refractivity contribution in [2.75, 3.05) is 12.8 Å². The van der Waals surface area contributed by atoms with Crippen LogP contribution < -0.4 is 15.2 Å². The third kappa shape index (κ3) is 2.58. The molecule has 0 aliphatic rings. The summed E-state index contributed by atoms with van der Waals surface area (Å²) >= 11 is 0. The number of nitrogen functional groups attached to an aromatic ring is 1. The van der Waals surface area contributed by atoms with Gasteiger partial charge in [-0.3, -0.25) is 10.1 Å². The fourth-order valence-electron chi connectivity index (χ4n) is 1.65. The van der Waals surface area contributed by atoms with Gasteiger partial charge in [0.05, 0.1) is 12.0 Å². The van der Waals surface area contributed by atoms with E-state index in [1.807, 2.05) is 0 Å². The minimum atomic E-state index is -0.612. The molecule has 0 bridgehead atoms. The van der Waals surface area contributed by atoms with Crippen molar-refractivity contribution in [2.45, 2.75) is 6.92 Å². The summed E-state index contributed by atoms with van der Waals surface area (Å²) in [5.41, 5.74) is 5.30. The molecule has 2 N–H and O–H groups in total. The van der Waals surface area contributed by atoms with Crippen LogP contribution in [0.4, 0.5) is 11.6 Å². The van der Waals surface area contributed by atoms with E-state index < -0.39 is 4.92 Å². The highest BCUT2D eigenvalue weighted by Gasteiger charge is 2.24. The first-order valence-corrected chi connectivity index (χ1v) is 5.62. The van der Waals surface area contributed by atoms with Crippen LogP contribution in [0, 0.1) is 17.0 Å². The molecule has 1 aromatic heterocycles. The highest BCUT2D eigenvalue weighted by molar-refractivity contribution is 5.51. The van der Waals surface area contributed by atoms with Crippen molar-refractivity contribution in [3.05, 3.63) is 40.1 Å². The minimum absolute atomic E-state index is 0.0991. The maximum atomic E-state index is 11.1. The van der Waals surface area contributed by atoms with Crippen molar-refractivity contribution in [3.63, 3.8) is 0 Å². The molecule has 0 spiro atoms. The third-order valence-corrected chi connectivity index (χ3v) is 2.50. The van der Waals surface area contributed by atoms with Crippen molar-refractivity contribution in [3.8, 4) is 17.4 Å². The fourth-order valence-corrected chi connectivity index (χ4v) is 1.65. The number of nitrogens with two attached hydrogens (primary N) is 1. The Bertz CT molecular complexity index is 660. The van der Waals surface area contributed by atoms with Crippen molar-refractivity contribution in [1.82, 2.24) is 9.97 Å². The molecule has 0 atom stereocenters. The fraction of sp³-hybridized carbons (Fsp3) is 0.167. The number of rotatable bonds is 4. The minimum Gasteiger partial charge on any atom is -0.493 e. The number of methoxy groups -OCH3 is 1. The SMILES string of the molecule is COc1ccccc1Oc1nc(N)nc(C)c1[N+](=O)[O-]. The van der Waals surface area contributed by atoms with E-state index in [-0.39, 0.29) is 23.2 Å². The highest BCUT2D eigenvalue weighted by atomic mass is 16.6. The first kappa shape index (κ1) is 13.5. The summed E-state index contributed by atoms with van der Waals surface area (Å²) in [6, 6.07) is 6.73. The molecule has 0 saturated carbocycles. The maximum absolute atomic E-state index is 11.1. The van der Waals surface area contributed by atoms with Gasteiger partial charge in [-0.05, 0) is 19.1 Å². The second kappa shape index (κ2) is 5.39. The summed E-state index contributed by atoms with van der Waals surface area (Å²) in [6.07, 6.45) is 0. The summed E-state index contributed by atoms with van der Waals surface area (Å²) in [5.74, 6) is 0.412. The first-order chi connectivity index (χ1) is 9.52. The summed E-state index contributed by atoms with van der Waals surface area (Å²) in [7, 11) is 1.47. The number of aryl methyl sites for hydroxylation is 1. The summed E-state index contributed by atoms with van der Waals surface area (Å²) in [6.45, 7) is 1.46. The van der Waals surface area contributed by atoms with E-state index in [2.05, 4.69) is 9.97 Å². The number of nitrogens with zero attached hydrogens (tertiary/aromatic N) is 3. The normalized spacial score (nSPS) is 10.1. The lowest BCUT2D eigenvalue weighted by Gasteiger charge is -2.10. The van der Waals surface area contributed by atoms with Crippen LogP contribution in [0.5, 0.6) is 17.4 Å². The molecule has 0 fully saturated rings. The average molecular weight is 276 g/mol. The van der Waals surface area contributed by atoms with Gasteiger partial charge in [0.1, 0.15) is 5.69 Å². The van der Waals surface area contributed by atoms with Crippen molar-refractivity contribution in [2.24, 2.45) is 0 Å². The number of hydrogen-bond acceptors (Lipinski definition) is 7. The summed E-state index contributed by atoms with van der Waals surface area (Å²) < 4.78 is 10.6. The number of aromatic nitrogens is 2. The molecule has 1 heterocycles. The van der Waals surface area contributed by atoms with E-state index in [1.54, 1.807) is 24.3 Å². The van der Waals surface area contributed by atoms with Gasteiger partial charge in [-0.2, -0.15) is 4.98 Å². The molecule has 0 aliphatic heterocycles. The summed E-state index contributed by atoms with van der Waals surface area (Å²) in [4.78, 5) is 18.0. The topological polar surface area (TPSA) is 113 Å². The van der Waals surface area contributed by atoms with Crippen LogP contribution in [0.3, 0.4) is 0 Å². The van der Waals surface area contributed by atoms with E-state index in [0.29, 0.717) is 11.5 Å². The molecular weight excluding hydrogens is 264 g/mol. The molecule has 0 unspecified atom stereocenters.